The average Bonchev–Trinajstić information content (AvgIpc) is 3.44. The molecule has 2 atom stereocenters. The molecule has 2 unspecified atom stereocenters. The van der Waals surface area contributed by atoms with E-state index >= 15 is 0 Å². The molecule has 1 aromatic carbocycles. The number of nitrogens with one attached hydrogen (secondary N) is 1. The number of benzene rings is 1. The number of carboxylic acid groups (broad SMARTS) is 1. The lowest BCUT2D eigenvalue weighted by Crippen LogP contribution is -2.64. The van der Waals surface area contributed by atoms with Crippen molar-refractivity contribution < 1.29 is 19.8 Å². The first-order valence-electron chi connectivity index (χ1n) is 11.7. The molecule has 196 valence electrons. The van der Waals surface area contributed by atoms with Crippen LogP contribution in [0.1, 0.15) is 37.6 Å². The summed E-state index contributed by atoms with van der Waals surface area (Å²) < 4.78 is 2.60. The van der Waals surface area contributed by atoms with Crippen LogP contribution in [-0.4, -0.2) is 71.4 Å². The summed E-state index contributed by atoms with van der Waals surface area (Å²) in [5.41, 5.74) is -1.47. The van der Waals surface area contributed by atoms with E-state index in [0.717, 1.165) is 4.68 Å². The van der Waals surface area contributed by atoms with Gasteiger partial charge in [-0.05, 0) is 30.0 Å². The van der Waals surface area contributed by atoms with Crippen molar-refractivity contribution in [3.63, 3.8) is 0 Å². The average molecular weight is 529 g/mol. The molecule has 0 bridgehead atoms. The summed E-state index contributed by atoms with van der Waals surface area (Å²) in [5, 5.41) is 32.1. The first-order chi connectivity index (χ1) is 17.4. The Kier molecular flexibility index (Phi) is 6.87. The van der Waals surface area contributed by atoms with E-state index in [0.29, 0.717) is 22.0 Å². The maximum absolute atomic E-state index is 13.7. The summed E-state index contributed by atoms with van der Waals surface area (Å²) >= 11 is 6.03. The molecule has 12 heteroatoms. The Morgan fingerprint density at radius 3 is 2.46 bits per heavy atom. The quantitative estimate of drug-likeness (QED) is 0.462. The Morgan fingerprint density at radius 2 is 1.92 bits per heavy atom. The molecule has 3 aromatic rings. The Balaban J connectivity index is 1.83. The van der Waals surface area contributed by atoms with Crippen LogP contribution in [0.5, 0.6) is 0 Å². The Morgan fingerprint density at radius 1 is 1.24 bits per heavy atom. The maximum Gasteiger partial charge on any atom is 0.407 e. The first kappa shape index (κ1) is 26.4. The monoisotopic (exact) mass is 528 g/mol. The zero-order chi connectivity index (χ0) is 27.1. The molecular weight excluding hydrogens is 500 g/mol. The van der Waals surface area contributed by atoms with E-state index in [1.807, 2.05) is 20.8 Å². The minimum absolute atomic E-state index is 0.129. The summed E-state index contributed by atoms with van der Waals surface area (Å²) in [6.45, 7) is 5.16. The molecule has 1 aliphatic heterocycles. The predicted octanol–water partition coefficient (Wildman–Crippen LogP) is 2.55. The van der Waals surface area contributed by atoms with Crippen LogP contribution in [0.4, 0.5) is 4.79 Å². The second-order valence-corrected chi connectivity index (χ2v) is 10.7. The van der Waals surface area contributed by atoms with Gasteiger partial charge in [0.25, 0.3) is 11.5 Å². The lowest BCUT2D eigenvalue weighted by molar-refractivity contribution is 0.0400. The molecule has 11 nitrogen and oxygen atoms in total. The van der Waals surface area contributed by atoms with Gasteiger partial charge in [-0.1, -0.05) is 44.5 Å². The van der Waals surface area contributed by atoms with Gasteiger partial charge >= 0.3 is 6.09 Å². The normalized spacial score (nSPS) is 19.7. The van der Waals surface area contributed by atoms with Crippen LogP contribution in [0.15, 0.2) is 47.5 Å². The van der Waals surface area contributed by atoms with Gasteiger partial charge in [-0.2, -0.15) is 14.9 Å². The van der Waals surface area contributed by atoms with E-state index in [1.165, 1.54) is 21.8 Å². The smallest absolute Gasteiger partial charge is 0.407 e. The van der Waals surface area contributed by atoms with Crippen molar-refractivity contribution in [1.82, 2.24) is 29.8 Å². The molecule has 0 aliphatic carbocycles. The van der Waals surface area contributed by atoms with Crippen molar-refractivity contribution >= 4 is 23.6 Å². The number of aryl methyl sites for hydroxylation is 1. The first-order valence-corrected chi connectivity index (χ1v) is 12.1. The fraction of sp³-hybridized carbons (Fsp3) is 0.400. The topological polar surface area (TPSA) is 143 Å². The van der Waals surface area contributed by atoms with Crippen LogP contribution in [-0.2, 0) is 7.05 Å². The van der Waals surface area contributed by atoms with Gasteiger partial charge < -0.3 is 20.4 Å². The number of aliphatic hydroxyl groups is 1. The van der Waals surface area contributed by atoms with Gasteiger partial charge in [-0.25, -0.2) is 4.79 Å². The molecule has 1 aliphatic rings. The summed E-state index contributed by atoms with van der Waals surface area (Å²) in [4.78, 5) is 40.4. The van der Waals surface area contributed by atoms with Gasteiger partial charge in [-0.3, -0.25) is 14.3 Å². The predicted molar refractivity (Wildman–Crippen MR) is 137 cm³/mol. The highest BCUT2D eigenvalue weighted by molar-refractivity contribution is 6.30. The number of aliphatic hydroxyl groups excluding tert-OH is 1. The van der Waals surface area contributed by atoms with E-state index in [9.17, 15) is 24.6 Å². The van der Waals surface area contributed by atoms with Crippen LogP contribution < -0.4 is 10.9 Å². The summed E-state index contributed by atoms with van der Waals surface area (Å²) in [7, 11) is 1.69. The van der Waals surface area contributed by atoms with Crippen molar-refractivity contribution in [3.05, 3.63) is 63.7 Å². The Hall–Kier alpha value is -3.70. The number of nitrogens with zero attached hydrogens (tertiary/aromatic N) is 5. The van der Waals surface area contributed by atoms with E-state index < -0.39 is 41.2 Å². The van der Waals surface area contributed by atoms with E-state index in [4.69, 9.17) is 11.6 Å². The van der Waals surface area contributed by atoms with Gasteiger partial charge in [0.1, 0.15) is 11.3 Å². The summed E-state index contributed by atoms with van der Waals surface area (Å²) in [6, 6.07) is 7.43. The summed E-state index contributed by atoms with van der Waals surface area (Å²) in [5.74, 6) is -0.740. The lowest BCUT2D eigenvalue weighted by atomic mass is 9.74. The third kappa shape index (κ3) is 4.96. The van der Waals surface area contributed by atoms with E-state index in [-0.39, 0.29) is 18.5 Å². The molecule has 4 rings (SSSR count). The number of amides is 2. The molecule has 1 saturated heterocycles. The van der Waals surface area contributed by atoms with Crippen molar-refractivity contribution in [3.8, 4) is 16.9 Å². The highest BCUT2D eigenvalue weighted by Gasteiger charge is 2.55. The molecule has 3 heterocycles. The lowest BCUT2D eigenvalue weighted by Gasteiger charge is -2.44. The standard InChI is InChI=1S/C25H29ClN6O5/c1-24(2,3)22-25(14-33,9-10-31(22)23(36)37)28-20(34)18-11-19(15-5-7-16(26)8-6-15)29-32(21(18)35)17-12-27-30(4)13-17/h5-8,11-13,22,33H,9-10,14H2,1-4H3,(H,28,34)(H,36,37). The second kappa shape index (κ2) is 9.64. The highest BCUT2D eigenvalue weighted by atomic mass is 35.5. The molecule has 0 radical (unpaired) electrons. The molecule has 37 heavy (non-hydrogen) atoms. The van der Waals surface area contributed by atoms with E-state index in [1.54, 1.807) is 37.5 Å². The third-order valence-corrected chi connectivity index (χ3v) is 6.83. The number of halogens is 1. The number of hydrogen-bond acceptors (Lipinski definition) is 6. The Bertz CT molecular complexity index is 1390. The number of carbonyl (C=O) groups is 2. The molecular formula is C25H29ClN6O5. The fourth-order valence-corrected chi connectivity index (χ4v) is 5.25. The van der Waals surface area contributed by atoms with Gasteiger partial charge in [0.2, 0.25) is 0 Å². The van der Waals surface area contributed by atoms with Gasteiger partial charge in [0.05, 0.1) is 36.3 Å². The molecule has 2 amide bonds. The summed E-state index contributed by atoms with van der Waals surface area (Å²) in [6.07, 6.45) is 2.09. The fourth-order valence-electron chi connectivity index (χ4n) is 5.13. The zero-order valence-corrected chi connectivity index (χ0v) is 21.7. The number of carbonyl (C=O) groups excluding carboxylic acids is 1. The van der Waals surface area contributed by atoms with Crippen LogP contribution in [0.25, 0.3) is 16.9 Å². The van der Waals surface area contributed by atoms with Crippen LogP contribution in [0.2, 0.25) is 5.02 Å². The molecule has 0 spiro atoms. The molecule has 3 N–H and O–H groups in total. The van der Waals surface area contributed by atoms with Gasteiger partial charge in [-0.15, -0.1) is 0 Å². The second-order valence-electron chi connectivity index (χ2n) is 10.3. The maximum atomic E-state index is 13.7. The number of rotatable bonds is 5. The van der Waals surface area contributed by atoms with Crippen molar-refractivity contribution in [1.29, 1.82) is 0 Å². The number of aromatic nitrogens is 4. The Labute approximate surface area is 218 Å². The highest BCUT2D eigenvalue weighted by Crippen LogP contribution is 2.40. The molecule has 1 fully saturated rings. The van der Waals surface area contributed by atoms with Crippen LogP contribution in [0, 0.1) is 5.41 Å². The van der Waals surface area contributed by atoms with E-state index in [2.05, 4.69) is 15.5 Å². The molecule has 0 saturated carbocycles. The molecule has 2 aromatic heterocycles. The van der Waals surface area contributed by atoms with Gasteiger partial charge in [0.15, 0.2) is 0 Å². The minimum atomic E-state index is -1.29. The van der Waals surface area contributed by atoms with Crippen molar-refractivity contribution in [2.75, 3.05) is 13.2 Å². The third-order valence-electron chi connectivity index (χ3n) is 6.58. The van der Waals surface area contributed by atoms with Crippen molar-refractivity contribution in [2.24, 2.45) is 12.5 Å². The minimum Gasteiger partial charge on any atom is -0.465 e. The number of hydrogen-bond donors (Lipinski definition) is 3. The largest absolute Gasteiger partial charge is 0.465 e. The SMILES string of the molecule is Cn1cc(-n2nc(-c3ccc(Cl)cc3)cc(C(=O)NC3(CO)CCN(C(=O)O)C3C(C)(C)C)c2=O)cn1. The van der Waals surface area contributed by atoms with Crippen LogP contribution >= 0.6 is 11.6 Å². The number of likely N-dealkylation sites (tertiary alicyclic amines) is 1. The van der Waals surface area contributed by atoms with Crippen LogP contribution in [0.3, 0.4) is 0 Å². The van der Waals surface area contributed by atoms with Gasteiger partial charge in [0, 0.05) is 24.2 Å². The van der Waals surface area contributed by atoms with Crippen molar-refractivity contribution in [2.45, 2.75) is 38.8 Å². The zero-order valence-electron chi connectivity index (χ0n) is 21.0.